The summed E-state index contributed by atoms with van der Waals surface area (Å²) in [6.45, 7) is 8.05. The highest BCUT2D eigenvalue weighted by Gasteiger charge is 2.27. The molecule has 2 N–H and O–H groups in total. The summed E-state index contributed by atoms with van der Waals surface area (Å²) < 4.78 is 6.12. The number of aryl methyl sites for hydroxylation is 1. The zero-order valence-corrected chi connectivity index (χ0v) is 18.0. The van der Waals surface area contributed by atoms with E-state index in [2.05, 4.69) is 60.7 Å². The van der Waals surface area contributed by atoms with Crippen LogP contribution in [0.4, 0.5) is 0 Å². The summed E-state index contributed by atoms with van der Waals surface area (Å²) in [6, 6.07) is 8.90. The molecule has 0 saturated carbocycles. The van der Waals surface area contributed by atoms with Gasteiger partial charge in [0.1, 0.15) is 6.54 Å². The lowest BCUT2D eigenvalue weighted by Crippen LogP contribution is -2.45. The van der Waals surface area contributed by atoms with Gasteiger partial charge in [-0.05, 0) is 38.7 Å². The van der Waals surface area contributed by atoms with E-state index in [0.717, 1.165) is 32.4 Å². The number of ether oxygens (including phenoxy) is 1. The summed E-state index contributed by atoms with van der Waals surface area (Å²) >= 11 is 0. The number of likely N-dealkylation sites (N-methyl/N-ethyl adjacent to an activating group) is 1. The number of nitrogens with one attached hydrogen (secondary N) is 2. The van der Waals surface area contributed by atoms with Gasteiger partial charge in [-0.15, -0.1) is 0 Å². The number of rotatable bonds is 7. The molecule has 1 aliphatic rings. The predicted molar refractivity (Wildman–Crippen MR) is 114 cm³/mol. The molecule has 3 unspecified atom stereocenters. The molecule has 1 heterocycles. The van der Waals surface area contributed by atoms with Crippen LogP contribution in [0.5, 0.6) is 0 Å². The van der Waals surface area contributed by atoms with Crippen LogP contribution in [0.15, 0.2) is 29.3 Å². The molecule has 1 fully saturated rings. The third-order valence-corrected chi connectivity index (χ3v) is 5.25. The molecule has 1 aliphatic heterocycles. The second-order valence-corrected chi connectivity index (χ2v) is 7.89. The van der Waals surface area contributed by atoms with E-state index < -0.39 is 0 Å². The number of hydrogen-bond acceptors (Lipinski definition) is 3. The molecule has 0 spiro atoms. The van der Waals surface area contributed by atoms with E-state index in [1.54, 1.807) is 19.0 Å². The Morgan fingerprint density at radius 2 is 2.04 bits per heavy atom. The van der Waals surface area contributed by atoms with Crippen molar-refractivity contribution in [1.29, 1.82) is 0 Å². The number of hydrogen-bond donors (Lipinski definition) is 2. The Morgan fingerprint density at radius 1 is 1.32 bits per heavy atom. The second kappa shape index (κ2) is 11.1. The smallest absolute Gasteiger partial charge is 0.243 e. The standard InChI is InChI=1S/C22H36N4O2/c1-6-17(3)25-22(24-15-20(27)26(4)5)23-14-19-8-7-13-28-21(19)18-11-9-16(2)10-12-18/h9-12,17,19,21H,6-8,13-15H2,1-5H3,(H2,23,24,25). The Balaban J connectivity index is 2.04. The van der Waals surface area contributed by atoms with Crippen LogP contribution in [-0.2, 0) is 9.53 Å². The van der Waals surface area contributed by atoms with Crippen LogP contribution in [-0.4, -0.2) is 56.6 Å². The summed E-state index contributed by atoms with van der Waals surface area (Å²) in [5.41, 5.74) is 2.49. The Morgan fingerprint density at radius 3 is 2.68 bits per heavy atom. The number of carbonyl (C=O) groups excluding carboxylic acids is 1. The summed E-state index contributed by atoms with van der Waals surface area (Å²) in [4.78, 5) is 18.0. The molecule has 2 rings (SSSR count). The average Bonchev–Trinajstić information content (AvgIpc) is 2.70. The van der Waals surface area contributed by atoms with Crippen LogP contribution >= 0.6 is 0 Å². The molecule has 28 heavy (non-hydrogen) atoms. The van der Waals surface area contributed by atoms with Crippen LogP contribution < -0.4 is 10.6 Å². The van der Waals surface area contributed by atoms with Crippen molar-refractivity contribution in [2.24, 2.45) is 10.9 Å². The number of carbonyl (C=O) groups is 1. The van der Waals surface area contributed by atoms with Crippen LogP contribution in [0.1, 0.15) is 50.3 Å². The molecule has 0 bridgehead atoms. The van der Waals surface area contributed by atoms with Crippen molar-refractivity contribution in [2.75, 3.05) is 33.8 Å². The predicted octanol–water partition coefficient (Wildman–Crippen LogP) is 2.88. The number of aliphatic imine (C=N–C) groups is 1. The molecule has 6 nitrogen and oxygen atoms in total. The summed E-state index contributed by atoms with van der Waals surface area (Å²) in [5, 5.41) is 6.84. The van der Waals surface area contributed by atoms with Crippen molar-refractivity contribution in [3.05, 3.63) is 35.4 Å². The normalized spacial score (nSPS) is 21.1. The van der Waals surface area contributed by atoms with Gasteiger partial charge >= 0.3 is 0 Å². The van der Waals surface area contributed by atoms with Crippen molar-refractivity contribution < 1.29 is 9.53 Å². The van der Waals surface area contributed by atoms with Gasteiger partial charge in [0.25, 0.3) is 0 Å². The Hall–Kier alpha value is -2.08. The molecule has 0 aromatic heterocycles. The molecular weight excluding hydrogens is 352 g/mol. The molecule has 0 radical (unpaired) electrons. The van der Waals surface area contributed by atoms with Gasteiger partial charge < -0.3 is 20.3 Å². The lowest BCUT2D eigenvalue weighted by Gasteiger charge is -2.33. The van der Waals surface area contributed by atoms with E-state index in [9.17, 15) is 4.79 Å². The van der Waals surface area contributed by atoms with Crippen LogP contribution in [0.3, 0.4) is 0 Å². The Kier molecular flexibility index (Phi) is 8.77. The number of guanidine groups is 1. The fourth-order valence-corrected chi connectivity index (χ4v) is 3.18. The highest BCUT2D eigenvalue weighted by molar-refractivity contribution is 5.84. The first-order chi connectivity index (χ1) is 13.4. The Labute approximate surface area is 169 Å². The molecule has 1 saturated heterocycles. The minimum absolute atomic E-state index is 0.0104. The third-order valence-electron chi connectivity index (χ3n) is 5.25. The molecule has 1 aromatic carbocycles. The maximum Gasteiger partial charge on any atom is 0.243 e. The van der Waals surface area contributed by atoms with E-state index in [4.69, 9.17) is 4.74 Å². The highest BCUT2D eigenvalue weighted by atomic mass is 16.5. The minimum Gasteiger partial charge on any atom is -0.373 e. The minimum atomic E-state index is -0.0104. The van der Waals surface area contributed by atoms with Gasteiger partial charge in [-0.25, -0.2) is 4.99 Å². The third kappa shape index (κ3) is 6.82. The van der Waals surface area contributed by atoms with Gasteiger partial charge in [0, 0.05) is 39.2 Å². The van der Waals surface area contributed by atoms with Crippen molar-refractivity contribution in [3.8, 4) is 0 Å². The number of benzene rings is 1. The van der Waals surface area contributed by atoms with Gasteiger partial charge in [-0.2, -0.15) is 0 Å². The molecule has 1 amide bonds. The maximum absolute atomic E-state index is 11.9. The largest absolute Gasteiger partial charge is 0.373 e. The molecule has 0 aliphatic carbocycles. The van der Waals surface area contributed by atoms with E-state index in [1.165, 1.54) is 11.1 Å². The maximum atomic E-state index is 11.9. The highest BCUT2D eigenvalue weighted by Crippen LogP contribution is 2.33. The van der Waals surface area contributed by atoms with Crippen molar-refractivity contribution in [2.45, 2.75) is 52.2 Å². The second-order valence-electron chi connectivity index (χ2n) is 7.89. The quantitative estimate of drug-likeness (QED) is 0.557. The van der Waals surface area contributed by atoms with Crippen molar-refractivity contribution in [1.82, 2.24) is 15.5 Å². The van der Waals surface area contributed by atoms with Crippen LogP contribution in [0.2, 0.25) is 0 Å². The average molecular weight is 389 g/mol. The van der Waals surface area contributed by atoms with Crippen LogP contribution in [0.25, 0.3) is 0 Å². The topological polar surface area (TPSA) is 66.0 Å². The fraction of sp³-hybridized carbons (Fsp3) is 0.636. The Bertz CT molecular complexity index is 642. The fourth-order valence-electron chi connectivity index (χ4n) is 3.18. The molecule has 156 valence electrons. The number of amides is 1. The van der Waals surface area contributed by atoms with Gasteiger partial charge in [-0.1, -0.05) is 36.8 Å². The number of nitrogens with zero attached hydrogens (tertiary/aromatic N) is 2. The molecule has 1 aromatic rings. The lowest BCUT2D eigenvalue weighted by atomic mass is 9.89. The van der Waals surface area contributed by atoms with Gasteiger partial charge in [0.05, 0.1) is 6.10 Å². The van der Waals surface area contributed by atoms with Gasteiger partial charge in [-0.3, -0.25) is 4.79 Å². The summed E-state index contributed by atoms with van der Waals surface area (Å²) in [7, 11) is 3.50. The first-order valence-electron chi connectivity index (χ1n) is 10.3. The monoisotopic (exact) mass is 388 g/mol. The van der Waals surface area contributed by atoms with E-state index in [1.807, 2.05) is 0 Å². The molecule has 6 heteroatoms. The first-order valence-corrected chi connectivity index (χ1v) is 10.3. The summed E-state index contributed by atoms with van der Waals surface area (Å²) in [5.74, 6) is 1.05. The SMILES string of the molecule is CCC(C)NC(=NCC(=O)N(C)C)NCC1CCCOC1c1ccc(C)cc1. The first kappa shape index (κ1) is 22.2. The van der Waals surface area contributed by atoms with Crippen LogP contribution in [0, 0.1) is 12.8 Å². The van der Waals surface area contributed by atoms with E-state index in [-0.39, 0.29) is 24.6 Å². The molecule has 3 atom stereocenters. The van der Waals surface area contributed by atoms with E-state index >= 15 is 0 Å². The van der Waals surface area contributed by atoms with Gasteiger partial charge in [0.2, 0.25) is 5.91 Å². The lowest BCUT2D eigenvalue weighted by molar-refractivity contribution is -0.127. The van der Waals surface area contributed by atoms with Crippen molar-refractivity contribution >= 4 is 11.9 Å². The van der Waals surface area contributed by atoms with E-state index in [0.29, 0.717) is 11.9 Å². The molecular formula is C22H36N4O2. The summed E-state index contributed by atoms with van der Waals surface area (Å²) in [6.07, 6.45) is 3.26. The zero-order chi connectivity index (χ0) is 20.5. The van der Waals surface area contributed by atoms with Gasteiger partial charge in [0.15, 0.2) is 5.96 Å². The zero-order valence-electron chi connectivity index (χ0n) is 18.0. The van der Waals surface area contributed by atoms with Crippen molar-refractivity contribution in [3.63, 3.8) is 0 Å².